The number of aliphatic carboxylic acids is 2. The van der Waals surface area contributed by atoms with Crippen molar-refractivity contribution in [2.45, 2.75) is 18.8 Å². The maximum atomic E-state index is 10.8. The van der Waals surface area contributed by atoms with E-state index < -0.39 is 17.9 Å². The predicted octanol–water partition coefficient (Wildman–Crippen LogP) is 1.74. The topological polar surface area (TPSA) is 93.1 Å². The fourth-order valence-electron chi connectivity index (χ4n) is 1.84. The second kappa shape index (κ2) is 6.63. The smallest absolute Gasteiger partial charge is 0.303 e. The van der Waals surface area contributed by atoms with Gasteiger partial charge in [-0.15, -0.1) is 0 Å². The van der Waals surface area contributed by atoms with Gasteiger partial charge in [0.1, 0.15) is 0 Å². The van der Waals surface area contributed by atoms with Crippen molar-refractivity contribution in [2.24, 2.45) is 0 Å². The number of hydrogen-bond acceptors (Lipinski definition) is 4. The Kier molecular flexibility index (Phi) is 5.17. The molecule has 104 valence electrons. The van der Waals surface area contributed by atoms with Crippen molar-refractivity contribution in [1.82, 2.24) is 0 Å². The Morgan fingerprint density at radius 3 is 2.00 bits per heavy atom. The Balaban J connectivity index is 3.07. The van der Waals surface area contributed by atoms with Crippen LogP contribution in [0, 0.1) is 0 Å². The number of carboxylic acids is 2. The lowest BCUT2D eigenvalue weighted by atomic mass is 9.92. The molecule has 1 rings (SSSR count). The minimum atomic E-state index is -1.04. The molecule has 6 heteroatoms. The Hall–Kier alpha value is -2.24. The van der Waals surface area contributed by atoms with E-state index in [9.17, 15) is 9.59 Å². The van der Waals surface area contributed by atoms with Crippen LogP contribution < -0.4 is 9.47 Å². The van der Waals surface area contributed by atoms with Crippen LogP contribution in [0.25, 0.3) is 0 Å². The summed E-state index contributed by atoms with van der Waals surface area (Å²) in [4.78, 5) is 21.6. The molecule has 0 saturated carbocycles. The van der Waals surface area contributed by atoms with Crippen molar-refractivity contribution in [3.8, 4) is 11.5 Å². The number of hydrogen-bond donors (Lipinski definition) is 2. The van der Waals surface area contributed by atoms with E-state index >= 15 is 0 Å². The summed E-state index contributed by atoms with van der Waals surface area (Å²) < 4.78 is 10.2. The molecule has 0 unspecified atom stereocenters. The third-order valence-electron chi connectivity index (χ3n) is 2.72. The van der Waals surface area contributed by atoms with Gasteiger partial charge in [0.15, 0.2) is 11.5 Å². The summed E-state index contributed by atoms with van der Waals surface area (Å²) in [7, 11) is 2.95. The molecular weight excluding hydrogens is 252 g/mol. The lowest BCUT2D eigenvalue weighted by molar-refractivity contribution is -0.139. The Labute approximate surface area is 110 Å². The Morgan fingerprint density at radius 2 is 1.58 bits per heavy atom. The molecule has 0 atom stereocenters. The van der Waals surface area contributed by atoms with Gasteiger partial charge in [-0.3, -0.25) is 9.59 Å². The highest BCUT2D eigenvalue weighted by atomic mass is 16.5. The zero-order valence-corrected chi connectivity index (χ0v) is 10.8. The van der Waals surface area contributed by atoms with Gasteiger partial charge in [-0.1, -0.05) is 6.07 Å². The third kappa shape index (κ3) is 4.17. The number of carbonyl (C=O) groups is 2. The maximum Gasteiger partial charge on any atom is 0.303 e. The average Bonchev–Trinajstić information content (AvgIpc) is 2.36. The molecule has 19 heavy (non-hydrogen) atoms. The monoisotopic (exact) mass is 268 g/mol. The molecule has 0 aliphatic carbocycles. The van der Waals surface area contributed by atoms with E-state index in [0.29, 0.717) is 17.1 Å². The summed E-state index contributed by atoms with van der Waals surface area (Å²) in [5.41, 5.74) is 0.599. The summed E-state index contributed by atoms with van der Waals surface area (Å²) >= 11 is 0. The van der Waals surface area contributed by atoms with E-state index in [4.69, 9.17) is 19.7 Å². The molecule has 2 N–H and O–H groups in total. The fourth-order valence-corrected chi connectivity index (χ4v) is 1.84. The standard InChI is InChI=1S/C13H16O6/c1-18-10-4-3-8(5-11(10)19-2)9(6-12(14)15)7-13(16)17/h3-5,9H,6-7H2,1-2H3,(H,14,15)(H,16,17). The second-order valence-electron chi connectivity index (χ2n) is 4.01. The van der Waals surface area contributed by atoms with Crippen molar-refractivity contribution in [1.29, 1.82) is 0 Å². The van der Waals surface area contributed by atoms with E-state index in [2.05, 4.69) is 0 Å². The van der Waals surface area contributed by atoms with Gasteiger partial charge in [0.25, 0.3) is 0 Å². The van der Waals surface area contributed by atoms with E-state index in [1.165, 1.54) is 14.2 Å². The minimum Gasteiger partial charge on any atom is -0.493 e. The molecule has 0 heterocycles. The highest BCUT2D eigenvalue weighted by Gasteiger charge is 2.20. The van der Waals surface area contributed by atoms with Crippen LogP contribution in [-0.2, 0) is 9.59 Å². The summed E-state index contributed by atoms with van der Waals surface area (Å²) in [6, 6.07) is 4.89. The molecule has 1 aromatic carbocycles. The summed E-state index contributed by atoms with van der Waals surface area (Å²) in [5, 5.41) is 17.7. The predicted molar refractivity (Wildman–Crippen MR) is 66.8 cm³/mol. The van der Waals surface area contributed by atoms with Crippen LogP contribution in [0.3, 0.4) is 0 Å². The second-order valence-corrected chi connectivity index (χ2v) is 4.01. The fraction of sp³-hybridized carbons (Fsp3) is 0.385. The van der Waals surface area contributed by atoms with Gasteiger partial charge in [-0.05, 0) is 17.7 Å². The molecule has 0 aliphatic heterocycles. The first-order chi connectivity index (χ1) is 8.97. The van der Waals surface area contributed by atoms with Crippen LogP contribution in [0.5, 0.6) is 11.5 Å². The number of benzene rings is 1. The van der Waals surface area contributed by atoms with Gasteiger partial charge < -0.3 is 19.7 Å². The van der Waals surface area contributed by atoms with Gasteiger partial charge >= 0.3 is 11.9 Å². The molecule has 0 aliphatic rings. The van der Waals surface area contributed by atoms with E-state index in [-0.39, 0.29) is 12.8 Å². The van der Waals surface area contributed by atoms with Crippen molar-refractivity contribution in [3.63, 3.8) is 0 Å². The minimum absolute atomic E-state index is 0.248. The first-order valence-corrected chi connectivity index (χ1v) is 5.63. The number of rotatable bonds is 7. The molecule has 0 fully saturated rings. The van der Waals surface area contributed by atoms with Crippen LogP contribution in [-0.4, -0.2) is 36.4 Å². The van der Waals surface area contributed by atoms with Gasteiger partial charge in [-0.25, -0.2) is 0 Å². The molecule has 0 spiro atoms. The molecule has 0 bridgehead atoms. The van der Waals surface area contributed by atoms with E-state index in [1.54, 1.807) is 18.2 Å². The first kappa shape index (κ1) is 14.8. The maximum absolute atomic E-state index is 10.8. The van der Waals surface area contributed by atoms with E-state index in [1.807, 2.05) is 0 Å². The highest BCUT2D eigenvalue weighted by Crippen LogP contribution is 2.33. The molecule has 1 aromatic rings. The third-order valence-corrected chi connectivity index (χ3v) is 2.72. The van der Waals surface area contributed by atoms with Crippen LogP contribution in [0.2, 0.25) is 0 Å². The van der Waals surface area contributed by atoms with Crippen LogP contribution in [0.1, 0.15) is 24.3 Å². The van der Waals surface area contributed by atoms with Crippen molar-refractivity contribution in [3.05, 3.63) is 23.8 Å². The van der Waals surface area contributed by atoms with Crippen molar-refractivity contribution >= 4 is 11.9 Å². The normalized spacial score (nSPS) is 10.3. The zero-order valence-electron chi connectivity index (χ0n) is 10.8. The summed E-state index contributed by atoms with van der Waals surface area (Å²) in [6.07, 6.45) is -0.496. The van der Waals surface area contributed by atoms with Gasteiger partial charge in [0.2, 0.25) is 0 Å². The largest absolute Gasteiger partial charge is 0.493 e. The SMILES string of the molecule is COc1ccc(C(CC(=O)O)CC(=O)O)cc1OC. The molecule has 0 radical (unpaired) electrons. The van der Waals surface area contributed by atoms with Gasteiger partial charge in [-0.2, -0.15) is 0 Å². The summed E-state index contributed by atoms with van der Waals surface area (Å²) in [5.74, 6) is -1.73. The summed E-state index contributed by atoms with van der Waals surface area (Å²) in [6.45, 7) is 0. The lowest BCUT2D eigenvalue weighted by Gasteiger charge is -2.15. The number of carboxylic acid groups (broad SMARTS) is 2. The molecule has 0 saturated heterocycles. The average molecular weight is 268 g/mol. The first-order valence-electron chi connectivity index (χ1n) is 5.63. The van der Waals surface area contributed by atoms with Crippen molar-refractivity contribution < 1.29 is 29.3 Å². The molecule has 0 amide bonds. The molecular formula is C13H16O6. The quantitative estimate of drug-likeness (QED) is 0.782. The number of ether oxygens (including phenoxy) is 2. The van der Waals surface area contributed by atoms with Crippen LogP contribution in [0.4, 0.5) is 0 Å². The van der Waals surface area contributed by atoms with Gasteiger partial charge in [0.05, 0.1) is 27.1 Å². The van der Waals surface area contributed by atoms with Crippen molar-refractivity contribution in [2.75, 3.05) is 14.2 Å². The van der Waals surface area contributed by atoms with Crippen LogP contribution >= 0.6 is 0 Å². The molecule has 0 aromatic heterocycles. The Morgan fingerprint density at radius 1 is 1.05 bits per heavy atom. The van der Waals surface area contributed by atoms with Crippen LogP contribution in [0.15, 0.2) is 18.2 Å². The van der Waals surface area contributed by atoms with Gasteiger partial charge in [0, 0.05) is 5.92 Å². The van der Waals surface area contributed by atoms with E-state index in [0.717, 1.165) is 0 Å². The number of methoxy groups -OCH3 is 2. The zero-order chi connectivity index (χ0) is 14.4. The molecule has 6 nitrogen and oxygen atoms in total. The lowest BCUT2D eigenvalue weighted by Crippen LogP contribution is -2.11. The highest BCUT2D eigenvalue weighted by molar-refractivity contribution is 5.72. The Bertz CT molecular complexity index is 452.